The molecule has 24 heavy (non-hydrogen) atoms. The molecule has 0 aromatic carbocycles. The highest BCUT2D eigenvalue weighted by molar-refractivity contribution is 6.45. The number of hydrogen-bond donors (Lipinski definition) is 2. The summed E-state index contributed by atoms with van der Waals surface area (Å²) in [5.41, 5.74) is -0.165. The Morgan fingerprint density at radius 3 is 2.83 bits per heavy atom. The first-order valence-corrected chi connectivity index (χ1v) is 8.36. The molecule has 130 valence electrons. The Kier molecular flexibility index (Phi) is 5.53. The molecule has 0 aromatic rings. The molecule has 1 heterocycles. The molecule has 0 saturated heterocycles. The zero-order valence-electron chi connectivity index (χ0n) is 14.3. The third kappa shape index (κ3) is 3.56. The molecule has 1 aliphatic heterocycles. The second-order valence-corrected chi connectivity index (χ2v) is 6.85. The van der Waals surface area contributed by atoms with Gasteiger partial charge in [0.25, 0.3) is 0 Å². The van der Waals surface area contributed by atoms with E-state index in [1.54, 1.807) is 12.2 Å². The highest BCUT2D eigenvalue weighted by Gasteiger charge is 2.48. The fraction of sp³-hybridized carbons (Fsp3) is 0.421. The standard InChI is InChI=1S/C19H23ClO4/c1-5-11(2)8-12(3)6-7-13-9-14-15(10-24-13)17(21)19(4,23)18(22)16(14)20/h6-11,17,21,23H,5H2,1-4H3. The lowest BCUT2D eigenvalue weighted by Crippen LogP contribution is -2.51. The van der Waals surface area contributed by atoms with Crippen molar-refractivity contribution in [3.8, 4) is 0 Å². The lowest BCUT2D eigenvalue weighted by atomic mass is 9.79. The molecular weight excluding hydrogens is 328 g/mol. The quantitative estimate of drug-likeness (QED) is 0.761. The Morgan fingerprint density at radius 1 is 1.54 bits per heavy atom. The number of ether oxygens (including phenoxy) is 1. The minimum absolute atomic E-state index is 0.0994. The van der Waals surface area contributed by atoms with Crippen molar-refractivity contribution < 1.29 is 19.7 Å². The molecule has 2 rings (SSSR count). The normalized spacial score (nSPS) is 29.2. The van der Waals surface area contributed by atoms with Crippen LogP contribution in [0.1, 0.15) is 34.1 Å². The molecule has 0 spiro atoms. The first kappa shape index (κ1) is 18.7. The summed E-state index contributed by atoms with van der Waals surface area (Å²) < 4.78 is 5.49. The number of aliphatic hydroxyl groups is 2. The number of carbonyl (C=O) groups is 1. The summed E-state index contributed by atoms with van der Waals surface area (Å²) in [4.78, 5) is 12.1. The zero-order valence-corrected chi connectivity index (χ0v) is 15.1. The van der Waals surface area contributed by atoms with Crippen molar-refractivity contribution >= 4 is 17.4 Å². The van der Waals surface area contributed by atoms with Crippen LogP contribution in [-0.2, 0) is 9.53 Å². The van der Waals surface area contributed by atoms with Gasteiger partial charge in [0.1, 0.15) is 11.9 Å². The van der Waals surface area contributed by atoms with Crippen molar-refractivity contribution in [3.63, 3.8) is 0 Å². The Bertz CT molecular complexity index is 692. The Morgan fingerprint density at radius 2 is 2.21 bits per heavy atom. The second-order valence-electron chi connectivity index (χ2n) is 6.47. The van der Waals surface area contributed by atoms with Crippen molar-refractivity contribution in [2.24, 2.45) is 5.92 Å². The monoisotopic (exact) mass is 350 g/mol. The molecule has 4 nitrogen and oxygen atoms in total. The Hall–Kier alpha value is -1.62. The largest absolute Gasteiger partial charge is 0.465 e. The summed E-state index contributed by atoms with van der Waals surface area (Å²) in [7, 11) is 0. The van der Waals surface area contributed by atoms with E-state index in [1.165, 1.54) is 13.2 Å². The highest BCUT2D eigenvalue weighted by atomic mass is 35.5. The number of rotatable bonds is 4. The van der Waals surface area contributed by atoms with Crippen LogP contribution in [0.2, 0.25) is 0 Å². The van der Waals surface area contributed by atoms with Gasteiger partial charge in [0.2, 0.25) is 5.78 Å². The first-order valence-electron chi connectivity index (χ1n) is 7.98. The van der Waals surface area contributed by atoms with Crippen LogP contribution in [0.25, 0.3) is 0 Å². The molecule has 0 saturated carbocycles. The summed E-state index contributed by atoms with van der Waals surface area (Å²) in [6, 6.07) is 0. The molecule has 0 aromatic heterocycles. The summed E-state index contributed by atoms with van der Waals surface area (Å²) in [5.74, 6) is 0.302. The van der Waals surface area contributed by atoms with Crippen LogP contribution < -0.4 is 0 Å². The molecule has 0 radical (unpaired) electrons. The number of hydrogen-bond acceptors (Lipinski definition) is 4. The van der Waals surface area contributed by atoms with E-state index in [1.807, 2.05) is 13.0 Å². The maximum atomic E-state index is 12.1. The van der Waals surface area contributed by atoms with Gasteiger partial charge in [0.15, 0.2) is 5.60 Å². The van der Waals surface area contributed by atoms with Crippen molar-refractivity contribution in [3.05, 3.63) is 58.1 Å². The maximum Gasteiger partial charge on any atom is 0.209 e. The number of halogens is 1. The van der Waals surface area contributed by atoms with E-state index in [2.05, 4.69) is 19.9 Å². The van der Waals surface area contributed by atoms with Gasteiger partial charge in [0.05, 0.1) is 11.3 Å². The lowest BCUT2D eigenvalue weighted by molar-refractivity contribution is -0.140. The van der Waals surface area contributed by atoms with E-state index >= 15 is 0 Å². The Labute approximate surface area is 147 Å². The van der Waals surface area contributed by atoms with Crippen LogP contribution in [0.3, 0.4) is 0 Å². The highest BCUT2D eigenvalue weighted by Crippen LogP contribution is 2.39. The fourth-order valence-electron chi connectivity index (χ4n) is 2.55. The number of allylic oxidation sites excluding steroid dienone is 5. The smallest absolute Gasteiger partial charge is 0.209 e. The molecule has 5 heteroatoms. The van der Waals surface area contributed by atoms with Crippen LogP contribution in [0.5, 0.6) is 0 Å². The number of fused-ring (bicyclic) bond motifs is 1. The van der Waals surface area contributed by atoms with Gasteiger partial charge in [-0.25, -0.2) is 0 Å². The third-order valence-corrected chi connectivity index (χ3v) is 4.72. The molecule has 3 unspecified atom stereocenters. The third-order valence-electron chi connectivity index (χ3n) is 4.34. The molecular formula is C19H23ClO4. The van der Waals surface area contributed by atoms with E-state index < -0.39 is 17.5 Å². The average molecular weight is 351 g/mol. The van der Waals surface area contributed by atoms with Gasteiger partial charge in [-0.3, -0.25) is 4.79 Å². The second kappa shape index (κ2) is 7.09. The summed E-state index contributed by atoms with van der Waals surface area (Å²) in [6.07, 6.45) is 8.48. The number of aliphatic hydroxyl groups excluding tert-OH is 1. The van der Waals surface area contributed by atoms with Gasteiger partial charge in [-0.15, -0.1) is 0 Å². The molecule has 2 aliphatic rings. The van der Waals surface area contributed by atoms with Crippen LogP contribution >= 0.6 is 11.6 Å². The molecule has 2 N–H and O–H groups in total. The number of carbonyl (C=O) groups excluding carboxylic acids is 1. The summed E-state index contributed by atoms with van der Waals surface area (Å²) in [5, 5.41) is 20.2. The molecule has 0 amide bonds. The van der Waals surface area contributed by atoms with Crippen LogP contribution in [0, 0.1) is 5.92 Å². The van der Waals surface area contributed by atoms with Crippen molar-refractivity contribution in [2.75, 3.05) is 0 Å². The predicted molar refractivity (Wildman–Crippen MR) is 94.1 cm³/mol. The van der Waals surface area contributed by atoms with E-state index in [-0.39, 0.29) is 5.03 Å². The minimum Gasteiger partial charge on any atom is -0.465 e. The van der Waals surface area contributed by atoms with Gasteiger partial charge in [-0.05, 0) is 31.9 Å². The van der Waals surface area contributed by atoms with E-state index in [0.717, 1.165) is 12.0 Å². The van der Waals surface area contributed by atoms with E-state index in [4.69, 9.17) is 16.3 Å². The number of ketones is 1. The van der Waals surface area contributed by atoms with Crippen LogP contribution in [-0.4, -0.2) is 27.7 Å². The Balaban J connectivity index is 2.30. The lowest BCUT2D eigenvalue weighted by Gasteiger charge is -2.35. The average Bonchev–Trinajstić information content (AvgIpc) is 2.56. The van der Waals surface area contributed by atoms with Crippen molar-refractivity contribution in [1.82, 2.24) is 0 Å². The zero-order chi connectivity index (χ0) is 18.1. The topological polar surface area (TPSA) is 66.8 Å². The maximum absolute atomic E-state index is 12.1. The van der Waals surface area contributed by atoms with Crippen molar-refractivity contribution in [1.29, 1.82) is 0 Å². The molecule has 1 aliphatic carbocycles. The fourth-order valence-corrected chi connectivity index (χ4v) is 2.91. The predicted octanol–water partition coefficient (Wildman–Crippen LogP) is 3.52. The number of Topliss-reactive ketones (excluding diaryl/α,β-unsaturated/α-hetero) is 1. The molecule has 0 bridgehead atoms. The van der Waals surface area contributed by atoms with Gasteiger partial charge < -0.3 is 14.9 Å². The van der Waals surface area contributed by atoms with Crippen molar-refractivity contribution in [2.45, 2.75) is 45.8 Å². The van der Waals surface area contributed by atoms with Gasteiger partial charge in [0, 0.05) is 11.1 Å². The molecule has 0 fully saturated rings. The van der Waals surface area contributed by atoms with Crippen LogP contribution in [0.4, 0.5) is 0 Å². The summed E-state index contributed by atoms with van der Waals surface area (Å²) in [6.45, 7) is 7.52. The SMILES string of the molecule is CCC(C)C=C(C)C=CC1=CC2=C(Cl)C(=O)C(C)(O)C(O)C2=CO1. The van der Waals surface area contributed by atoms with E-state index in [9.17, 15) is 15.0 Å². The van der Waals surface area contributed by atoms with Gasteiger partial charge >= 0.3 is 0 Å². The van der Waals surface area contributed by atoms with E-state index in [0.29, 0.717) is 22.8 Å². The van der Waals surface area contributed by atoms with Crippen LogP contribution in [0.15, 0.2) is 58.1 Å². The van der Waals surface area contributed by atoms with Gasteiger partial charge in [-0.1, -0.05) is 49.6 Å². The van der Waals surface area contributed by atoms with Gasteiger partial charge in [-0.2, -0.15) is 0 Å². The molecule has 3 atom stereocenters. The summed E-state index contributed by atoms with van der Waals surface area (Å²) >= 11 is 6.09. The first-order chi connectivity index (χ1) is 11.2. The minimum atomic E-state index is -1.95.